The molecule has 6 nitrogen and oxygen atoms in total. The van der Waals surface area contributed by atoms with Crippen molar-refractivity contribution in [2.45, 2.75) is 6.92 Å². The normalized spacial score (nSPS) is 10.9. The standard InChI is InChI=1S/C12H11ClN6/c1-7-9-3-8(4-15-12(9)18-19(7)2)16-11-6-14-5-10(13)17-11/h3-6H,1-2H3,(H,16,17)/p+1. The first-order valence-electron chi connectivity index (χ1n) is 5.72. The van der Waals surface area contributed by atoms with Crippen LogP contribution in [0.25, 0.3) is 11.0 Å². The summed E-state index contributed by atoms with van der Waals surface area (Å²) in [5, 5.41) is 7.69. The van der Waals surface area contributed by atoms with E-state index in [2.05, 4.69) is 25.4 Å². The van der Waals surface area contributed by atoms with Gasteiger partial charge in [-0.2, -0.15) is 0 Å². The molecule has 0 radical (unpaired) electrons. The first kappa shape index (κ1) is 11.9. The summed E-state index contributed by atoms with van der Waals surface area (Å²) in [4.78, 5) is 12.5. The summed E-state index contributed by atoms with van der Waals surface area (Å²) >= 11 is 5.80. The second kappa shape index (κ2) is 4.47. The van der Waals surface area contributed by atoms with E-state index >= 15 is 0 Å². The molecule has 0 spiro atoms. The van der Waals surface area contributed by atoms with Crippen molar-refractivity contribution in [2.24, 2.45) is 7.05 Å². The SMILES string of the molecule is Cc1c2cc(Nc3cncc(Cl)n3)cnc2[nH][n+]1C. The Balaban J connectivity index is 1.99. The predicted molar refractivity (Wildman–Crippen MR) is 72.3 cm³/mol. The molecule has 0 aromatic carbocycles. The molecule has 3 rings (SSSR count). The first-order chi connectivity index (χ1) is 9.13. The molecule has 0 aliphatic heterocycles. The molecular formula is C12H12ClN6+. The number of aromatic amines is 1. The number of aryl methyl sites for hydroxylation is 2. The summed E-state index contributed by atoms with van der Waals surface area (Å²) in [5.41, 5.74) is 2.80. The van der Waals surface area contributed by atoms with Gasteiger partial charge in [-0.05, 0) is 6.07 Å². The van der Waals surface area contributed by atoms with E-state index in [1.54, 1.807) is 12.4 Å². The van der Waals surface area contributed by atoms with Gasteiger partial charge in [-0.1, -0.05) is 11.6 Å². The van der Waals surface area contributed by atoms with E-state index < -0.39 is 0 Å². The van der Waals surface area contributed by atoms with Crippen LogP contribution in [-0.4, -0.2) is 20.1 Å². The number of hydrogen-bond acceptors (Lipinski definition) is 4. The van der Waals surface area contributed by atoms with Gasteiger partial charge in [0.2, 0.25) is 5.69 Å². The summed E-state index contributed by atoms with van der Waals surface area (Å²) in [5.74, 6) is 0.589. The lowest BCUT2D eigenvalue weighted by Crippen LogP contribution is -2.32. The van der Waals surface area contributed by atoms with Crippen molar-refractivity contribution in [1.82, 2.24) is 20.1 Å². The van der Waals surface area contributed by atoms with Gasteiger partial charge in [0.25, 0.3) is 0 Å². The van der Waals surface area contributed by atoms with Crippen LogP contribution in [-0.2, 0) is 7.05 Å². The lowest BCUT2D eigenvalue weighted by Gasteiger charge is -2.04. The lowest BCUT2D eigenvalue weighted by atomic mass is 10.2. The van der Waals surface area contributed by atoms with Crippen molar-refractivity contribution in [3.05, 3.63) is 35.5 Å². The topological polar surface area (TPSA) is 70.4 Å². The largest absolute Gasteiger partial charge is 0.338 e. The smallest absolute Gasteiger partial charge is 0.213 e. The average Bonchev–Trinajstić information content (AvgIpc) is 2.66. The molecule has 0 aliphatic carbocycles. The minimum Gasteiger partial charge on any atom is -0.338 e. The third-order valence-electron chi connectivity index (χ3n) is 2.93. The van der Waals surface area contributed by atoms with Crippen molar-refractivity contribution in [1.29, 1.82) is 0 Å². The van der Waals surface area contributed by atoms with Gasteiger partial charge in [-0.15, -0.1) is 9.78 Å². The van der Waals surface area contributed by atoms with Gasteiger partial charge < -0.3 is 5.32 Å². The van der Waals surface area contributed by atoms with E-state index in [0.717, 1.165) is 22.4 Å². The molecule has 19 heavy (non-hydrogen) atoms. The van der Waals surface area contributed by atoms with Gasteiger partial charge in [-0.3, -0.25) is 4.98 Å². The van der Waals surface area contributed by atoms with Gasteiger partial charge in [0.05, 0.1) is 29.7 Å². The molecule has 0 fully saturated rings. The van der Waals surface area contributed by atoms with Crippen LogP contribution in [0.1, 0.15) is 5.69 Å². The quantitative estimate of drug-likeness (QED) is 0.701. The molecule has 2 N–H and O–H groups in total. The van der Waals surface area contributed by atoms with Gasteiger partial charge in [-0.25, -0.2) is 9.97 Å². The van der Waals surface area contributed by atoms with Crippen LogP contribution in [0.5, 0.6) is 0 Å². The summed E-state index contributed by atoms with van der Waals surface area (Å²) in [6, 6.07) is 2.01. The van der Waals surface area contributed by atoms with Gasteiger partial charge in [0.1, 0.15) is 5.15 Å². The van der Waals surface area contributed by atoms with Crippen LogP contribution >= 0.6 is 11.6 Å². The van der Waals surface area contributed by atoms with E-state index in [0.29, 0.717) is 11.0 Å². The minimum atomic E-state index is 0.350. The number of halogens is 1. The maximum Gasteiger partial charge on any atom is 0.213 e. The third-order valence-corrected chi connectivity index (χ3v) is 3.11. The minimum absolute atomic E-state index is 0.350. The summed E-state index contributed by atoms with van der Waals surface area (Å²) in [6.07, 6.45) is 4.84. The van der Waals surface area contributed by atoms with Crippen molar-refractivity contribution in [3.63, 3.8) is 0 Å². The Kier molecular flexibility index (Phi) is 2.79. The second-order valence-corrected chi connectivity index (χ2v) is 4.62. The van der Waals surface area contributed by atoms with Crippen LogP contribution < -0.4 is 10.00 Å². The monoisotopic (exact) mass is 275 g/mol. The third kappa shape index (κ3) is 2.22. The van der Waals surface area contributed by atoms with E-state index in [4.69, 9.17) is 11.6 Å². The summed E-state index contributed by atoms with van der Waals surface area (Å²) < 4.78 is 1.93. The molecular weight excluding hydrogens is 264 g/mol. The number of nitrogens with zero attached hydrogens (tertiary/aromatic N) is 4. The molecule has 3 heterocycles. The molecule has 0 saturated carbocycles. The molecule has 0 saturated heterocycles. The van der Waals surface area contributed by atoms with Crippen molar-refractivity contribution >= 4 is 34.1 Å². The van der Waals surface area contributed by atoms with Crippen LogP contribution in [0.2, 0.25) is 5.15 Å². The molecule has 0 unspecified atom stereocenters. The van der Waals surface area contributed by atoms with Crippen LogP contribution in [0, 0.1) is 6.92 Å². The molecule has 96 valence electrons. The van der Waals surface area contributed by atoms with E-state index in [-0.39, 0.29) is 0 Å². The molecule has 0 amide bonds. The number of fused-ring (bicyclic) bond motifs is 1. The van der Waals surface area contributed by atoms with E-state index in [1.807, 2.05) is 24.7 Å². The number of nitrogens with one attached hydrogen (secondary N) is 2. The highest BCUT2D eigenvalue weighted by Crippen LogP contribution is 2.19. The van der Waals surface area contributed by atoms with Gasteiger partial charge in [0.15, 0.2) is 18.5 Å². The number of rotatable bonds is 2. The van der Waals surface area contributed by atoms with Crippen LogP contribution in [0.4, 0.5) is 11.5 Å². The van der Waals surface area contributed by atoms with Crippen molar-refractivity contribution in [3.8, 4) is 0 Å². The lowest BCUT2D eigenvalue weighted by molar-refractivity contribution is -0.730. The Labute approximate surface area is 114 Å². The first-order valence-corrected chi connectivity index (χ1v) is 6.10. The average molecular weight is 276 g/mol. The number of anilines is 2. The Morgan fingerprint density at radius 3 is 2.95 bits per heavy atom. The molecule has 0 aliphatic rings. The summed E-state index contributed by atoms with van der Waals surface area (Å²) in [6.45, 7) is 2.03. The molecule has 7 heteroatoms. The fourth-order valence-corrected chi connectivity index (χ4v) is 2.02. The fourth-order valence-electron chi connectivity index (χ4n) is 1.87. The summed E-state index contributed by atoms with van der Waals surface area (Å²) in [7, 11) is 1.95. The predicted octanol–water partition coefficient (Wildman–Crippen LogP) is 1.88. The highest BCUT2D eigenvalue weighted by Gasteiger charge is 2.12. The maximum atomic E-state index is 5.80. The molecule has 0 atom stereocenters. The Hall–Kier alpha value is -2.21. The Morgan fingerprint density at radius 2 is 2.16 bits per heavy atom. The number of hydrogen-bond donors (Lipinski definition) is 2. The number of pyridine rings is 1. The number of H-pyrrole nitrogens is 1. The van der Waals surface area contributed by atoms with E-state index in [9.17, 15) is 0 Å². The molecule has 3 aromatic rings. The zero-order valence-corrected chi connectivity index (χ0v) is 11.2. The maximum absolute atomic E-state index is 5.80. The van der Waals surface area contributed by atoms with E-state index in [1.165, 1.54) is 6.20 Å². The number of aromatic nitrogens is 5. The fraction of sp³-hybridized carbons (Fsp3) is 0.167. The zero-order valence-electron chi connectivity index (χ0n) is 10.5. The molecule has 3 aromatic heterocycles. The molecule has 0 bridgehead atoms. The van der Waals surface area contributed by atoms with Crippen molar-refractivity contribution in [2.75, 3.05) is 5.32 Å². The van der Waals surface area contributed by atoms with Crippen LogP contribution in [0.15, 0.2) is 24.7 Å². The second-order valence-electron chi connectivity index (χ2n) is 4.23. The highest BCUT2D eigenvalue weighted by atomic mass is 35.5. The highest BCUT2D eigenvalue weighted by molar-refractivity contribution is 6.29. The van der Waals surface area contributed by atoms with Crippen molar-refractivity contribution < 1.29 is 4.68 Å². The Bertz CT molecular complexity index is 751. The van der Waals surface area contributed by atoms with Gasteiger partial charge in [0, 0.05) is 6.92 Å². The van der Waals surface area contributed by atoms with Crippen LogP contribution in [0.3, 0.4) is 0 Å². The zero-order chi connectivity index (χ0) is 13.4. The van der Waals surface area contributed by atoms with Gasteiger partial charge >= 0.3 is 0 Å². The Morgan fingerprint density at radius 1 is 1.32 bits per heavy atom.